The van der Waals surface area contributed by atoms with E-state index < -0.39 is 29.0 Å². The first-order valence-electron chi connectivity index (χ1n) is 15.1. The van der Waals surface area contributed by atoms with Crippen LogP contribution in [0.1, 0.15) is 34.0 Å². The van der Waals surface area contributed by atoms with E-state index in [-0.39, 0.29) is 24.6 Å². The molecule has 0 aliphatic carbocycles. The lowest BCUT2D eigenvalue weighted by atomic mass is 9.89. The number of nitro benzene ring substituents is 1. The lowest BCUT2D eigenvalue weighted by Gasteiger charge is -2.32. The lowest BCUT2D eigenvalue weighted by molar-refractivity contribution is -0.384. The number of benzene rings is 4. The van der Waals surface area contributed by atoms with E-state index in [1.807, 2.05) is 85.1 Å². The van der Waals surface area contributed by atoms with Crippen LogP contribution in [0.4, 0.5) is 5.69 Å². The molecule has 0 saturated carbocycles. The van der Waals surface area contributed by atoms with Crippen LogP contribution in [0.2, 0.25) is 0 Å². The summed E-state index contributed by atoms with van der Waals surface area (Å²) in [4.78, 5) is 45.3. The van der Waals surface area contributed by atoms with Crippen LogP contribution < -0.4 is 10.6 Å². The Kier molecular flexibility index (Phi) is 7.78. The number of fused-ring (bicyclic) bond motifs is 4. The average Bonchev–Trinajstić information content (AvgIpc) is 3.68. The smallest absolute Gasteiger partial charge is 0.329 e. The minimum Gasteiger partial charge on any atom is -0.459 e. The number of ether oxygens (including phenoxy) is 1. The van der Waals surface area contributed by atoms with Crippen LogP contribution >= 0.6 is 0 Å². The topological polar surface area (TPSA) is 142 Å². The van der Waals surface area contributed by atoms with E-state index in [1.54, 1.807) is 12.1 Å². The fourth-order valence-electron chi connectivity index (χ4n) is 6.27. The Morgan fingerprint density at radius 1 is 0.891 bits per heavy atom. The van der Waals surface area contributed by atoms with Crippen molar-refractivity contribution in [3.63, 3.8) is 0 Å². The summed E-state index contributed by atoms with van der Waals surface area (Å²) in [5.41, 5.74) is 6.25. The zero-order valence-corrected chi connectivity index (χ0v) is 24.7. The number of H-pyrrole nitrogens is 2. The van der Waals surface area contributed by atoms with Crippen molar-refractivity contribution in [2.45, 2.75) is 37.6 Å². The number of nitro groups is 1. The Morgan fingerprint density at radius 2 is 1.59 bits per heavy atom. The van der Waals surface area contributed by atoms with Crippen molar-refractivity contribution in [3.05, 3.63) is 147 Å². The van der Waals surface area contributed by atoms with Crippen molar-refractivity contribution in [3.8, 4) is 0 Å². The van der Waals surface area contributed by atoms with Gasteiger partial charge in [-0.1, -0.05) is 78.9 Å². The van der Waals surface area contributed by atoms with E-state index in [0.717, 1.165) is 49.8 Å². The van der Waals surface area contributed by atoms with Gasteiger partial charge in [0.25, 0.3) is 5.69 Å². The third-order valence-corrected chi connectivity index (χ3v) is 8.59. The number of carbonyl (C=O) groups is 2. The van der Waals surface area contributed by atoms with Crippen molar-refractivity contribution in [2.24, 2.45) is 0 Å². The van der Waals surface area contributed by atoms with Crippen LogP contribution in [0.25, 0.3) is 21.8 Å². The highest BCUT2D eigenvalue weighted by Crippen LogP contribution is 2.36. The number of nitrogens with one attached hydrogen (secondary N) is 4. The molecule has 3 heterocycles. The molecule has 4 N–H and O–H groups in total. The molecule has 0 spiro atoms. The number of aromatic nitrogens is 2. The normalized spacial score (nSPS) is 16.5. The molecular weight excluding hydrogens is 582 g/mol. The molecule has 3 atom stereocenters. The van der Waals surface area contributed by atoms with Crippen molar-refractivity contribution in [1.29, 1.82) is 0 Å². The summed E-state index contributed by atoms with van der Waals surface area (Å²) in [6.07, 6.45) is 2.48. The monoisotopic (exact) mass is 613 g/mol. The maximum atomic E-state index is 14.1. The molecule has 7 rings (SSSR count). The standard InChI is InChI=1S/C36H31N5O5/c42-35(40-32(36(43)46-21-22-8-2-1-3-9-22)18-24-20-37-29-12-6-4-10-26(24)29)31-19-28-27-11-5-7-13-30(27)38-34(28)33(39-31)23-14-16-25(17-15-23)41(44)45/h1-17,20,31-33,37-39H,18-19,21H2,(H,40,42)/t31-,32-,33-/m0/s1. The second kappa shape index (κ2) is 12.3. The summed E-state index contributed by atoms with van der Waals surface area (Å²) in [5.74, 6) is -0.873. The molecule has 0 radical (unpaired) electrons. The zero-order chi connectivity index (χ0) is 31.6. The van der Waals surface area contributed by atoms with Gasteiger partial charge in [-0.05, 0) is 40.8 Å². The first kappa shape index (κ1) is 29.0. The summed E-state index contributed by atoms with van der Waals surface area (Å²) in [6, 6.07) is 29.4. The number of rotatable bonds is 9. The predicted molar refractivity (Wildman–Crippen MR) is 174 cm³/mol. The van der Waals surface area contributed by atoms with Crippen LogP contribution in [0.3, 0.4) is 0 Å². The van der Waals surface area contributed by atoms with Gasteiger partial charge in [-0.15, -0.1) is 0 Å². The molecule has 6 aromatic rings. The highest BCUT2D eigenvalue weighted by atomic mass is 16.6. The number of non-ortho nitro benzene ring substituents is 1. The van der Waals surface area contributed by atoms with Gasteiger partial charge in [0.2, 0.25) is 5.91 Å². The van der Waals surface area contributed by atoms with Crippen LogP contribution in [-0.4, -0.2) is 38.9 Å². The summed E-state index contributed by atoms with van der Waals surface area (Å²) >= 11 is 0. The van der Waals surface area contributed by atoms with Crippen molar-refractivity contribution in [2.75, 3.05) is 0 Å². The van der Waals surface area contributed by atoms with Gasteiger partial charge in [-0.25, -0.2) is 4.79 Å². The quantitative estimate of drug-likeness (QED) is 0.0946. The van der Waals surface area contributed by atoms with Crippen LogP contribution in [0, 0.1) is 10.1 Å². The Bertz CT molecular complexity index is 2050. The third-order valence-electron chi connectivity index (χ3n) is 8.59. The van der Waals surface area contributed by atoms with E-state index in [4.69, 9.17) is 4.74 Å². The number of hydrogen-bond donors (Lipinski definition) is 4. The summed E-state index contributed by atoms with van der Waals surface area (Å²) < 4.78 is 5.72. The molecule has 0 unspecified atom stereocenters. The van der Waals surface area contributed by atoms with E-state index >= 15 is 0 Å². The molecule has 46 heavy (non-hydrogen) atoms. The fraction of sp³-hybridized carbons (Fsp3) is 0.167. The van der Waals surface area contributed by atoms with Gasteiger partial charge >= 0.3 is 5.97 Å². The molecule has 2 aromatic heterocycles. The SMILES string of the molecule is O=C(N[C@@H](Cc1c[nH]c2ccccc12)C(=O)OCc1ccccc1)[C@@H]1Cc2c([nH]c3ccccc23)[C@H](c2ccc([N+](=O)[O-])cc2)N1. The predicted octanol–water partition coefficient (Wildman–Crippen LogP) is 5.63. The number of nitrogens with zero attached hydrogens (tertiary/aromatic N) is 1. The van der Waals surface area contributed by atoms with Crippen LogP contribution in [0.15, 0.2) is 109 Å². The molecule has 10 nitrogen and oxygen atoms in total. The van der Waals surface area contributed by atoms with E-state index in [1.165, 1.54) is 12.1 Å². The summed E-state index contributed by atoms with van der Waals surface area (Å²) in [5, 5.41) is 19.7. The van der Waals surface area contributed by atoms with Gasteiger partial charge in [0.1, 0.15) is 12.6 Å². The van der Waals surface area contributed by atoms with Gasteiger partial charge in [0, 0.05) is 52.3 Å². The first-order valence-corrected chi connectivity index (χ1v) is 15.1. The highest BCUT2D eigenvalue weighted by molar-refractivity contribution is 5.91. The fourth-order valence-corrected chi connectivity index (χ4v) is 6.27. The Morgan fingerprint density at radius 3 is 2.35 bits per heavy atom. The van der Waals surface area contributed by atoms with Gasteiger partial charge < -0.3 is 20.0 Å². The van der Waals surface area contributed by atoms with Gasteiger partial charge in [0.05, 0.1) is 17.0 Å². The minimum atomic E-state index is -0.945. The number of esters is 1. The van der Waals surface area contributed by atoms with Crippen molar-refractivity contribution < 1.29 is 19.2 Å². The largest absolute Gasteiger partial charge is 0.459 e. The number of amides is 1. The van der Waals surface area contributed by atoms with Crippen molar-refractivity contribution in [1.82, 2.24) is 20.6 Å². The van der Waals surface area contributed by atoms with Gasteiger partial charge in [-0.2, -0.15) is 0 Å². The van der Waals surface area contributed by atoms with Gasteiger partial charge in [0.15, 0.2) is 0 Å². The van der Waals surface area contributed by atoms with Gasteiger partial charge in [-0.3, -0.25) is 20.2 Å². The molecule has 0 fully saturated rings. The second-order valence-electron chi connectivity index (χ2n) is 11.5. The number of para-hydroxylation sites is 2. The molecular formula is C36H31N5O5. The first-order chi connectivity index (χ1) is 22.4. The zero-order valence-electron chi connectivity index (χ0n) is 24.7. The number of aromatic amines is 2. The average molecular weight is 614 g/mol. The van der Waals surface area contributed by atoms with E-state index in [9.17, 15) is 19.7 Å². The molecule has 1 aliphatic heterocycles. The molecule has 0 bridgehead atoms. The number of hydrogen-bond acceptors (Lipinski definition) is 6. The Balaban J connectivity index is 1.18. The van der Waals surface area contributed by atoms with Crippen molar-refractivity contribution >= 4 is 39.4 Å². The Labute approximate surface area is 263 Å². The molecule has 10 heteroatoms. The summed E-state index contributed by atoms with van der Waals surface area (Å²) in [7, 11) is 0. The minimum absolute atomic E-state index is 0.0140. The van der Waals surface area contributed by atoms with Crippen LogP contribution in [-0.2, 0) is 33.8 Å². The summed E-state index contributed by atoms with van der Waals surface area (Å²) in [6.45, 7) is 0.0858. The highest BCUT2D eigenvalue weighted by Gasteiger charge is 2.36. The maximum Gasteiger partial charge on any atom is 0.329 e. The molecule has 0 saturated heterocycles. The van der Waals surface area contributed by atoms with E-state index in [2.05, 4.69) is 20.6 Å². The lowest BCUT2D eigenvalue weighted by Crippen LogP contribution is -2.54. The van der Waals surface area contributed by atoms with E-state index in [0.29, 0.717) is 6.42 Å². The maximum absolute atomic E-state index is 14.1. The molecule has 230 valence electrons. The third kappa shape index (κ3) is 5.73. The Hall–Kier alpha value is -5.74. The molecule has 4 aromatic carbocycles. The number of carbonyl (C=O) groups excluding carboxylic acids is 2. The molecule has 1 amide bonds. The molecule has 1 aliphatic rings. The second-order valence-corrected chi connectivity index (χ2v) is 11.5. The van der Waals surface area contributed by atoms with Crippen LogP contribution in [0.5, 0.6) is 0 Å².